The zero-order valence-electron chi connectivity index (χ0n) is 16.3. The highest BCUT2D eigenvalue weighted by Crippen LogP contribution is 2.08. The Hall–Kier alpha value is -2.46. The number of hydrogen-bond acceptors (Lipinski definition) is 4. The van der Waals surface area contributed by atoms with Crippen LogP contribution in [0.5, 0.6) is 0 Å². The van der Waals surface area contributed by atoms with Crippen molar-refractivity contribution in [3.8, 4) is 0 Å². The number of rotatable bonds is 12. The lowest BCUT2D eigenvalue weighted by Gasteiger charge is -2.03. The summed E-state index contributed by atoms with van der Waals surface area (Å²) < 4.78 is 4.54. The van der Waals surface area contributed by atoms with Crippen molar-refractivity contribution < 1.29 is 19.4 Å². The third-order valence-electron chi connectivity index (χ3n) is 4.07. The van der Waals surface area contributed by atoms with Gasteiger partial charge in [-0.1, -0.05) is 60.2 Å². The first-order valence-corrected chi connectivity index (χ1v) is 9.36. The number of ether oxygens (including phenoxy) is 1. The molecule has 0 aliphatic heterocycles. The molecule has 0 amide bonds. The van der Waals surface area contributed by atoms with Gasteiger partial charge in [-0.15, -0.1) is 0 Å². The number of aryl methyl sites for hydroxylation is 2. The van der Waals surface area contributed by atoms with Crippen molar-refractivity contribution in [2.75, 3.05) is 7.11 Å². The van der Waals surface area contributed by atoms with Crippen LogP contribution in [0.4, 0.5) is 0 Å². The average molecular weight is 370 g/mol. The van der Waals surface area contributed by atoms with E-state index >= 15 is 0 Å². The van der Waals surface area contributed by atoms with Crippen LogP contribution in [0.2, 0.25) is 0 Å². The number of carbonyl (C=O) groups is 2. The number of esters is 1. The molecule has 0 aromatic heterocycles. The largest absolute Gasteiger partial charge is 0.469 e. The summed E-state index contributed by atoms with van der Waals surface area (Å²) in [6, 6.07) is 8.39. The first-order chi connectivity index (χ1) is 13.0. The molecule has 0 saturated heterocycles. The minimum atomic E-state index is -0.591. The summed E-state index contributed by atoms with van der Waals surface area (Å²) in [7, 11) is 1.35. The second-order valence-corrected chi connectivity index (χ2v) is 6.47. The first kappa shape index (κ1) is 22.6. The number of allylic oxidation sites excluding steroid dienone is 5. The van der Waals surface area contributed by atoms with Gasteiger partial charge in [0.1, 0.15) is 0 Å². The molecule has 0 fully saturated rings. The van der Waals surface area contributed by atoms with Crippen LogP contribution in [-0.2, 0) is 20.7 Å². The zero-order chi connectivity index (χ0) is 19.9. The molecule has 1 aromatic rings. The molecular weight excluding hydrogens is 340 g/mol. The van der Waals surface area contributed by atoms with Gasteiger partial charge in [0.2, 0.25) is 0 Å². The number of hydrogen-bond donors (Lipinski definition) is 1. The number of aliphatic hydroxyl groups is 1. The van der Waals surface area contributed by atoms with Crippen molar-refractivity contribution in [1.29, 1.82) is 0 Å². The standard InChI is InChI=1S/C23H30O4/c1-19-15-17-20(18-16-19)9-7-12-21(24)10-5-3-4-6-11-22(25)13-8-14-23(26)27-2/h3-6,10-11,15-18,22,25H,7-9,12-14H2,1-2H3/b4-3+,10-5+,11-6+. The lowest BCUT2D eigenvalue weighted by atomic mass is 10.1. The number of aliphatic hydroxyl groups excluding tert-OH is 1. The van der Waals surface area contributed by atoms with Crippen LogP contribution in [0.3, 0.4) is 0 Å². The van der Waals surface area contributed by atoms with E-state index in [2.05, 4.69) is 35.9 Å². The van der Waals surface area contributed by atoms with Gasteiger partial charge in [-0.05, 0) is 44.2 Å². The Labute approximate surface area is 162 Å². The molecule has 0 aliphatic rings. The monoisotopic (exact) mass is 370 g/mol. The third kappa shape index (κ3) is 11.7. The maximum Gasteiger partial charge on any atom is 0.305 e. The van der Waals surface area contributed by atoms with Crippen LogP contribution in [0, 0.1) is 6.92 Å². The van der Waals surface area contributed by atoms with E-state index in [4.69, 9.17) is 0 Å². The molecule has 27 heavy (non-hydrogen) atoms. The Morgan fingerprint density at radius 2 is 1.74 bits per heavy atom. The summed E-state index contributed by atoms with van der Waals surface area (Å²) in [6.45, 7) is 2.06. The van der Waals surface area contributed by atoms with Crippen molar-refractivity contribution in [3.63, 3.8) is 0 Å². The molecule has 1 atom stereocenters. The zero-order valence-corrected chi connectivity index (χ0v) is 16.3. The summed E-state index contributed by atoms with van der Waals surface area (Å²) in [6.07, 6.45) is 13.3. The molecule has 4 nitrogen and oxygen atoms in total. The number of benzene rings is 1. The fourth-order valence-electron chi connectivity index (χ4n) is 2.44. The van der Waals surface area contributed by atoms with Crippen molar-refractivity contribution in [2.45, 2.75) is 51.6 Å². The number of ketones is 1. The first-order valence-electron chi connectivity index (χ1n) is 9.36. The van der Waals surface area contributed by atoms with Crippen LogP contribution >= 0.6 is 0 Å². The van der Waals surface area contributed by atoms with Gasteiger partial charge in [0.15, 0.2) is 5.78 Å². The molecule has 1 N–H and O–H groups in total. The van der Waals surface area contributed by atoms with Crippen LogP contribution in [0.1, 0.15) is 43.2 Å². The quantitative estimate of drug-likeness (QED) is 0.339. The fourth-order valence-corrected chi connectivity index (χ4v) is 2.44. The lowest BCUT2D eigenvalue weighted by molar-refractivity contribution is -0.140. The summed E-state index contributed by atoms with van der Waals surface area (Å²) >= 11 is 0. The summed E-state index contributed by atoms with van der Waals surface area (Å²) in [4.78, 5) is 22.8. The average Bonchev–Trinajstić information content (AvgIpc) is 2.66. The van der Waals surface area contributed by atoms with E-state index in [0.717, 1.165) is 12.8 Å². The Morgan fingerprint density at radius 3 is 2.44 bits per heavy atom. The normalized spacial score (nSPS) is 12.9. The molecule has 0 saturated carbocycles. The molecular formula is C23H30O4. The predicted octanol–water partition coefficient (Wildman–Crippen LogP) is 4.26. The molecule has 0 aliphatic carbocycles. The Bertz CT molecular complexity index is 653. The van der Waals surface area contributed by atoms with Crippen LogP contribution in [-0.4, -0.2) is 30.1 Å². The van der Waals surface area contributed by atoms with Gasteiger partial charge in [0.25, 0.3) is 0 Å². The topological polar surface area (TPSA) is 63.6 Å². The van der Waals surface area contributed by atoms with E-state index in [1.165, 1.54) is 18.2 Å². The van der Waals surface area contributed by atoms with Gasteiger partial charge >= 0.3 is 5.97 Å². The highest BCUT2D eigenvalue weighted by Gasteiger charge is 2.03. The van der Waals surface area contributed by atoms with Crippen molar-refractivity contribution in [2.24, 2.45) is 0 Å². The minimum absolute atomic E-state index is 0.110. The van der Waals surface area contributed by atoms with Crippen LogP contribution in [0.15, 0.2) is 60.7 Å². The maximum atomic E-state index is 11.8. The second-order valence-electron chi connectivity index (χ2n) is 6.47. The van der Waals surface area contributed by atoms with Gasteiger partial charge in [0.05, 0.1) is 13.2 Å². The highest BCUT2D eigenvalue weighted by atomic mass is 16.5. The third-order valence-corrected chi connectivity index (χ3v) is 4.07. The van der Waals surface area contributed by atoms with Gasteiger partial charge < -0.3 is 9.84 Å². The van der Waals surface area contributed by atoms with Crippen molar-refractivity contribution in [3.05, 3.63) is 71.8 Å². The molecule has 4 heteroatoms. The Morgan fingerprint density at radius 1 is 1.04 bits per heavy atom. The minimum Gasteiger partial charge on any atom is -0.469 e. The van der Waals surface area contributed by atoms with Crippen molar-refractivity contribution >= 4 is 11.8 Å². The molecule has 0 radical (unpaired) electrons. The van der Waals surface area contributed by atoms with Gasteiger partial charge in [0, 0.05) is 12.8 Å². The summed E-state index contributed by atoms with van der Waals surface area (Å²) in [5.74, 6) is -0.154. The van der Waals surface area contributed by atoms with Crippen LogP contribution < -0.4 is 0 Å². The molecule has 146 valence electrons. The highest BCUT2D eigenvalue weighted by molar-refractivity contribution is 5.89. The smallest absolute Gasteiger partial charge is 0.305 e. The van der Waals surface area contributed by atoms with E-state index < -0.39 is 6.10 Å². The van der Waals surface area contributed by atoms with Gasteiger partial charge in [-0.2, -0.15) is 0 Å². The molecule has 1 unspecified atom stereocenters. The van der Waals surface area contributed by atoms with Crippen LogP contribution in [0.25, 0.3) is 0 Å². The Kier molecular flexibility index (Phi) is 11.5. The van der Waals surface area contributed by atoms with E-state index in [9.17, 15) is 14.7 Å². The molecule has 1 rings (SSSR count). The number of methoxy groups -OCH3 is 1. The summed E-state index contributed by atoms with van der Waals surface area (Å²) in [5, 5.41) is 9.74. The van der Waals surface area contributed by atoms with E-state index in [1.54, 1.807) is 36.5 Å². The predicted molar refractivity (Wildman–Crippen MR) is 108 cm³/mol. The van der Waals surface area contributed by atoms with E-state index in [0.29, 0.717) is 25.7 Å². The van der Waals surface area contributed by atoms with Gasteiger partial charge in [-0.3, -0.25) is 9.59 Å². The lowest BCUT2D eigenvalue weighted by Crippen LogP contribution is -2.05. The van der Waals surface area contributed by atoms with E-state index in [-0.39, 0.29) is 11.8 Å². The SMILES string of the molecule is COC(=O)CCCC(O)/C=C/C=C/C=C/C(=O)CCCc1ccc(C)cc1. The fraction of sp³-hybridized carbons (Fsp3) is 0.391. The maximum absolute atomic E-state index is 11.8. The van der Waals surface area contributed by atoms with E-state index in [1.807, 2.05) is 0 Å². The Balaban J connectivity index is 2.17. The molecule has 0 heterocycles. The van der Waals surface area contributed by atoms with Crippen molar-refractivity contribution in [1.82, 2.24) is 0 Å². The molecule has 1 aromatic carbocycles. The molecule has 0 bridgehead atoms. The second kappa shape index (κ2) is 13.7. The number of carbonyl (C=O) groups excluding carboxylic acids is 2. The summed E-state index contributed by atoms with van der Waals surface area (Å²) in [5.41, 5.74) is 2.50. The molecule has 0 spiro atoms. The van der Waals surface area contributed by atoms with Gasteiger partial charge in [-0.25, -0.2) is 0 Å².